The molecule has 7 aromatic carbocycles. The van der Waals surface area contributed by atoms with E-state index < -0.39 is 0 Å². The van der Waals surface area contributed by atoms with Gasteiger partial charge in [-0.3, -0.25) is 0 Å². The number of aryl methyl sites for hydroxylation is 9. The zero-order chi connectivity index (χ0) is 38.6. The number of benzene rings is 7. The molecule has 0 saturated heterocycles. The van der Waals surface area contributed by atoms with Gasteiger partial charge in [-0.1, -0.05) is 115 Å². The van der Waals surface area contributed by atoms with Crippen LogP contribution in [0.3, 0.4) is 0 Å². The second-order valence-corrected chi connectivity index (χ2v) is 16.8. The normalized spacial score (nSPS) is 12.7. The Morgan fingerprint density at radius 2 is 0.772 bits per heavy atom. The van der Waals surface area contributed by atoms with Gasteiger partial charge in [-0.2, -0.15) is 0 Å². The van der Waals surface area contributed by atoms with E-state index in [1.807, 2.05) is 0 Å². The van der Waals surface area contributed by atoms with Crippen LogP contribution in [0.5, 0.6) is 0 Å². The minimum atomic E-state index is 1.11. The Morgan fingerprint density at radius 3 is 1.25 bits per heavy atom. The number of para-hydroxylation sites is 1. The van der Waals surface area contributed by atoms with Crippen LogP contribution in [0, 0.1) is 6.92 Å². The first kappa shape index (κ1) is 36.9. The van der Waals surface area contributed by atoms with E-state index in [1.54, 1.807) is 22.3 Å². The molecular formula is C56H55N. The highest BCUT2D eigenvalue weighted by molar-refractivity contribution is 5.82. The van der Waals surface area contributed by atoms with E-state index in [-0.39, 0.29) is 0 Å². The van der Waals surface area contributed by atoms with Gasteiger partial charge in [-0.15, -0.1) is 0 Å². The van der Waals surface area contributed by atoms with E-state index in [0.717, 1.165) is 12.8 Å². The van der Waals surface area contributed by atoms with Crippen molar-refractivity contribution < 1.29 is 0 Å². The molecule has 0 radical (unpaired) electrons. The summed E-state index contributed by atoms with van der Waals surface area (Å²) in [5.74, 6) is 0. The molecule has 0 amide bonds. The minimum absolute atomic E-state index is 1.11. The molecule has 0 aromatic heterocycles. The SMILES string of the molecule is Cc1ccc(-c2cc(-c3ccc(N(C)c4ccccc4)cc3)cc(-c3cc(CCCCc4ccc5c(c4)CC5)cc(CCCCc4ccc5c(c4)CC5)c3)c2)cc1. The smallest absolute Gasteiger partial charge is 0.0408 e. The fourth-order valence-electron chi connectivity index (χ4n) is 8.89. The topological polar surface area (TPSA) is 3.24 Å². The Bertz CT molecular complexity index is 2390. The van der Waals surface area contributed by atoms with Gasteiger partial charge in [0.15, 0.2) is 0 Å². The zero-order valence-corrected chi connectivity index (χ0v) is 33.9. The molecule has 1 heteroatoms. The summed E-state index contributed by atoms with van der Waals surface area (Å²) in [5, 5.41) is 0. The lowest BCUT2D eigenvalue weighted by Crippen LogP contribution is -2.08. The lowest BCUT2D eigenvalue weighted by Gasteiger charge is -2.20. The molecule has 0 unspecified atom stereocenters. The summed E-state index contributed by atoms with van der Waals surface area (Å²) in [6.45, 7) is 2.17. The van der Waals surface area contributed by atoms with Crippen molar-refractivity contribution in [3.63, 3.8) is 0 Å². The quantitative estimate of drug-likeness (QED) is 0.0946. The van der Waals surface area contributed by atoms with Crippen LogP contribution in [0.1, 0.15) is 75.8 Å². The van der Waals surface area contributed by atoms with Gasteiger partial charge in [0.2, 0.25) is 0 Å². The summed E-state index contributed by atoms with van der Waals surface area (Å²) >= 11 is 0. The highest BCUT2D eigenvalue weighted by Crippen LogP contribution is 2.36. The van der Waals surface area contributed by atoms with Gasteiger partial charge < -0.3 is 4.90 Å². The van der Waals surface area contributed by atoms with Crippen molar-refractivity contribution in [3.8, 4) is 33.4 Å². The first-order valence-corrected chi connectivity index (χ1v) is 21.5. The van der Waals surface area contributed by atoms with Crippen molar-refractivity contribution in [2.75, 3.05) is 11.9 Å². The lowest BCUT2D eigenvalue weighted by molar-refractivity contribution is 0.721. The Labute approximate surface area is 341 Å². The maximum atomic E-state index is 2.52. The third-order valence-corrected chi connectivity index (χ3v) is 12.7. The summed E-state index contributed by atoms with van der Waals surface area (Å²) in [6, 6.07) is 57.8. The van der Waals surface area contributed by atoms with Crippen LogP contribution in [0.15, 0.2) is 152 Å². The molecule has 0 heterocycles. The Hall–Kier alpha value is -5.66. The Kier molecular flexibility index (Phi) is 10.9. The number of anilines is 2. The van der Waals surface area contributed by atoms with E-state index in [2.05, 4.69) is 171 Å². The fraction of sp³-hybridized carbons (Fsp3) is 0.250. The summed E-state index contributed by atoms with van der Waals surface area (Å²) in [7, 11) is 2.14. The fourth-order valence-corrected chi connectivity index (χ4v) is 8.89. The summed E-state index contributed by atoms with van der Waals surface area (Å²) in [5.41, 5.74) is 23.5. The second-order valence-electron chi connectivity index (χ2n) is 16.8. The maximum Gasteiger partial charge on any atom is 0.0408 e. The largest absolute Gasteiger partial charge is 0.345 e. The van der Waals surface area contributed by atoms with Crippen molar-refractivity contribution in [1.29, 1.82) is 0 Å². The average molecular weight is 742 g/mol. The summed E-state index contributed by atoms with van der Waals surface area (Å²) < 4.78 is 0. The molecule has 9 rings (SSSR count). The zero-order valence-electron chi connectivity index (χ0n) is 33.9. The molecule has 0 saturated carbocycles. The monoisotopic (exact) mass is 741 g/mol. The standard InChI is InChI=1S/C56H55N/c1-40-16-20-47(21-17-40)52-37-53(48-28-30-56(31-29-48)57(2)55-14-4-3-5-15-55)39-54(38-52)51-35-43(12-8-6-10-41-18-22-45-24-26-49(45)33-41)32-44(36-51)13-9-7-11-42-19-23-46-25-27-50(46)34-42/h3-5,14-23,28-39H,6-13,24-27H2,1-2H3. The molecule has 57 heavy (non-hydrogen) atoms. The average Bonchev–Trinajstić information content (AvgIpc) is 3.23. The molecular weight excluding hydrogens is 687 g/mol. The summed E-state index contributed by atoms with van der Waals surface area (Å²) in [4.78, 5) is 2.25. The van der Waals surface area contributed by atoms with Gasteiger partial charge in [0.05, 0.1) is 0 Å². The number of rotatable bonds is 15. The number of fused-ring (bicyclic) bond motifs is 2. The van der Waals surface area contributed by atoms with Gasteiger partial charge in [-0.05, 0) is 204 Å². The van der Waals surface area contributed by atoms with Gasteiger partial charge in [0.25, 0.3) is 0 Å². The van der Waals surface area contributed by atoms with E-state index in [1.165, 1.54) is 137 Å². The predicted molar refractivity (Wildman–Crippen MR) is 243 cm³/mol. The molecule has 0 aliphatic heterocycles. The third kappa shape index (κ3) is 8.69. The predicted octanol–water partition coefficient (Wildman–Crippen LogP) is 14.1. The molecule has 0 atom stereocenters. The number of hydrogen-bond donors (Lipinski definition) is 0. The first-order valence-electron chi connectivity index (χ1n) is 21.5. The lowest BCUT2D eigenvalue weighted by atomic mass is 9.86. The molecule has 0 fully saturated rings. The van der Waals surface area contributed by atoms with Crippen LogP contribution in [-0.2, 0) is 51.4 Å². The maximum absolute atomic E-state index is 2.52. The van der Waals surface area contributed by atoms with E-state index >= 15 is 0 Å². The Balaban J connectivity index is 0.998. The first-order chi connectivity index (χ1) is 28.0. The highest BCUT2D eigenvalue weighted by atomic mass is 15.1. The molecule has 0 bridgehead atoms. The van der Waals surface area contributed by atoms with Crippen LogP contribution in [0.2, 0.25) is 0 Å². The molecule has 284 valence electrons. The molecule has 0 spiro atoms. The van der Waals surface area contributed by atoms with Crippen LogP contribution in [0.25, 0.3) is 33.4 Å². The van der Waals surface area contributed by atoms with Crippen LogP contribution >= 0.6 is 0 Å². The van der Waals surface area contributed by atoms with Gasteiger partial charge in [0, 0.05) is 18.4 Å². The minimum Gasteiger partial charge on any atom is -0.345 e. The van der Waals surface area contributed by atoms with Crippen molar-refractivity contribution >= 4 is 11.4 Å². The van der Waals surface area contributed by atoms with Gasteiger partial charge in [0.1, 0.15) is 0 Å². The number of hydrogen-bond acceptors (Lipinski definition) is 1. The number of nitrogens with zero attached hydrogens (tertiary/aromatic N) is 1. The van der Waals surface area contributed by atoms with E-state index in [0.29, 0.717) is 0 Å². The molecule has 2 aliphatic rings. The van der Waals surface area contributed by atoms with E-state index in [9.17, 15) is 0 Å². The summed E-state index contributed by atoms with van der Waals surface area (Å²) in [6.07, 6.45) is 14.5. The Morgan fingerprint density at radius 1 is 0.351 bits per heavy atom. The highest BCUT2D eigenvalue weighted by Gasteiger charge is 2.15. The van der Waals surface area contributed by atoms with Crippen LogP contribution in [0.4, 0.5) is 11.4 Å². The van der Waals surface area contributed by atoms with Crippen molar-refractivity contribution in [3.05, 3.63) is 202 Å². The molecule has 7 aromatic rings. The molecule has 0 N–H and O–H groups in total. The molecule has 1 nitrogen and oxygen atoms in total. The van der Waals surface area contributed by atoms with E-state index in [4.69, 9.17) is 0 Å². The van der Waals surface area contributed by atoms with Crippen LogP contribution < -0.4 is 4.90 Å². The van der Waals surface area contributed by atoms with Crippen molar-refractivity contribution in [2.24, 2.45) is 0 Å². The van der Waals surface area contributed by atoms with Gasteiger partial charge in [-0.25, -0.2) is 0 Å². The van der Waals surface area contributed by atoms with Crippen molar-refractivity contribution in [2.45, 2.75) is 84.0 Å². The number of unbranched alkanes of at least 4 members (excludes halogenated alkanes) is 2. The van der Waals surface area contributed by atoms with Crippen LogP contribution in [-0.4, -0.2) is 7.05 Å². The van der Waals surface area contributed by atoms with Gasteiger partial charge >= 0.3 is 0 Å². The third-order valence-electron chi connectivity index (χ3n) is 12.7. The van der Waals surface area contributed by atoms with Crippen molar-refractivity contribution in [1.82, 2.24) is 0 Å². The molecule has 2 aliphatic carbocycles. The second kappa shape index (κ2) is 16.8.